The molecule has 2 aromatic heterocycles. The van der Waals surface area contributed by atoms with Gasteiger partial charge in [-0.15, -0.1) is 0 Å². The van der Waals surface area contributed by atoms with Crippen LogP contribution in [0.15, 0.2) is 72.2 Å². The molecule has 4 aromatic rings. The van der Waals surface area contributed by atoms with Crippen molar-refractivity contribution in [2.24, 2.45) is 33.8 Å². The number of carboxylic acid groups (broad SMARTS) is 1. The van der Waals surface area contributed by atoms with Crippen LogP contribution in [-0.4, -0.2) is 239 Å². The van der Waals surface area contributed by atoms with Crippen LogP contribution < -0.4 is 70.8 Å². The average Bonchev–Trinajstić information content (AvgIpc) is 1.32. The van der Waals surface area contributed by atoms with Crippen molar-refractivity contribution >= 4 is 87.8 Å². The van der Waals surface area contributed by atoms with Crippen molar-refractivity contribution in [1.82, 2.24) is 67.7 Å². The molecule has 4 heterocycles. The van der Waals surface area contributed by atoms with Crippen LogP contribution in [0.25, 0.3) is 10.9 Å². The lowest BCUT2D eigenvalue weighted by Crippen LogP contribution is -2.65. The number of rotatable bonds is 36. The quantitative estimate of drug-likeness (QED) is 0.0114. The van der Waals surface area contributed by atoms with Gasteiger partial charge in [-0.2, -0.15) is 0 Å². The minimum absolute atomic E-state index is 0.00840. The molecule has 2 aliphatic rings. The smallest absolute Gasteiger partial charge is 0.303 e. The number of nitrogens with one attached hydrogen (secondary N) is 11. The Kier molecular flexibility index (Phi) is 28.7. The van der Waals surface area contributed by atoms with Crippen molar-refractivity contribution in [2.45, 2.75) is 157 Å². The molecule has 2 saturated heterocycles. The number of hydrogen-bond donors (Lipinski definition) is 21. The van der Waals surface area contributed by atoms with Crippen LogP contribution in [0.3, 0.4) is 0 Å². The second-order valence-electron chi connectivity index (χ2n) is 24.0. The lowest BCUT2D eigenvalue weighted by atomic mass is 9.97. The highest BCUT2D eigenvalue weighted by Crippen LogP contribution is 2.23. The molecule has 2 fully saturated rings. The van der Waals surface area contributed by atoms with Crippen molar-refractivity contribution in [3.8, 4) is 5.75 Å². The number of aliphatic carboxylic acids is 1. The Morgan fingerprint density at radius 3 is 1.97 bits per heavy atom. The molecule has 2 aliphatic heterocycles. The second-order valence-corrected chi connectivity index (χ2v) is 24.0. The topological polar surface area (TPSA) is 608 Å². The number of aliphatic hydroxyl groups excluding tert-OH is 4. The molecule has 98 heavy (non-hydrogen) atoms. The van der Waals surface area contributed by atoms with Gasteiger partial charge in [0.15, 0.2) is 18.3 Å². The average molecular weight is 1380 g/mol. The van der Waals surface area contributed by atoms with Crippen molar-refractivity contribution in [1.29, 1.82) is 0 Å². The molecule has 0 spiro atoms. The van der Waals surface area contributed by atoms with Crippen molar-refractivity contribution in [3.05, 3.63) is 84.1 Å². The molecule has 6 rings (SSSR count). The number of aromatic nitrogens is 3. The third-order valence-corrected chi connectivity index (χ3v) is 16.0. The van der Waals surface area contributed by atoms with Crippen LogP contribution >= 0.6 is 0 Å². The number of fused-ring (bicyclic) bond motifs is 1. The number of carboxylic acids is 1. The van der Waals surface area contributed by atoms with Crippen molar-refractivity contribution in [3.63, 3.8) is 0 Å². The van der Waals surface area contributed by atoms with E-state index in [0.717, 1.165) is 0 Å². The van der Waals surface area contributed by atoms with Gasteiger partial charge in [0.25, 0.3) is 0 Å². The molecule has 37 heteroatoms. The van der Waals surface area contributed by atoms with Gasteiger partial charge in [0.1, 0.15) is 66.4 Å². The number of aromatic hydroxyl groups is 1. The SMILES string of the molecule is CC(C)C[C@H](NC(=O)CNC(=O)[C@H](Cc1ccc(O)cc1)NC(=O)[C@H](CO)NC(=O)[C@H](Cc1c[nH]c2ccccc12)NC(=O)[C@H](Cc1cnc[nH]1)NC(=O)[C@@H](N)CCC(=O)O)C(=O)N[C@@H](CCCN=C(N)N)C(=O)N1CCC[C@H]1C(=O)NCC(=O)N[C@@H]1O[C@H](C(N)=O)[C@@H](O)[C@H](O)[C@H]1O. The number of carbonyl (C=O) groups excluding carboxylic acids is 11. The number of likely N-dealkylation sites (tertiary alicyclic amines) is 1. The minimum Gasteiger partial charge on any atom is -0.508 e. The summed E-state index contributed by atoms with van der Waals surface area (Å²) in [6, 6.07) is 0.861. The Morgan fingerprint density at radius 1 is 0.704 bits per heavy atom. The van der Waals surface area contributed by atoms with E-state index in [4.69, 9.17) is 27.7 Å². The van der Waals surface area contributed by atoms with Gasteiger partial charge >= 0.3 is 5.97 Å². The number of imidazole rings is 1. The number of primary amides is 1. The van der Waals surface area contributed by atoms with E-state index in [1.54, 1.807) is 44.3 Å². The molecule has 0 radical (unpaired) electrons. The summed E-state index contributed by atoms with van der Waals surface area (Å²) >= 11 is 0. The number of phenols is 1. The molecule has 25 N–H and O–H groups in total. The van der Waals surface area contributed by atoms with E-state index in [9.17, 15) is 88.2 Å². The van der Waals surface area contributed by atoms with E-state index >= 15 is 0 Å². The summed E-state index contributed by atoms with van der Waals surface area (Å²) in [4.78, 5) is 178. The fraction of sp³-hybridized carbons (Fsp3) is 0.508. The van der Waals surface area contributed by atoms with Gasteiger partial charge in [0, 0.05) is 67.8 Å². The van der Waals surface area contributed by atoms with Crippen LogP contribution in [-0.2, 0) is 81.5 Å². The molecule has 2 aromatic carbocycles. The first-order valence-electron chi connectivity index (χ1n) is 31.4. The number of benzene rings is 2. The molecular weight excluding hydrogens is 1290 g/mol. The number of aliphatic hydroxyl groups is 4. The molecule has 534 valence electrons. The minimum atomic E-state index is -1.94. The lowest BCUT2D eigenvalue weighted by Gasteiger charge is -2.39. The maximum absolute atomic E-state index is 14.5. The van der Waals surface area contributed by atoms with Crippen LogP contribution in [0.4, 0.5) is 0 Å². The highest BCUT2D eigenvalue weighted by atomic mass is 16.6. The number of ether oxygens (including phenoxy) is 1. The molecule has 37 nitrogen and oxygen atoms in total. The molecule has 0 saturated carbocycles. The summed E-state index contributed by atoms with van der Waals surface area (Å²) in [6.45, 7) is 0.873. The van der Waals surface area contributed by atoms with E-state index in [0.29, 0.717) is 34.1 Å². The summed E-state index contributed by atoms with van der Waals surface area (Å²) in [7, 11) is 0. The Balaban J connectivity index is 1.14. The summed E-state index contributed by atoms with van der Waals surface area (Å²) in [5.74, 6) is -12.3. The standard InChI is InChI=1S/C61H86N18O19/c1-29(2)19-38(54(92)73-37(9-5-17-67-61(64)65)60(97)79-18-6-10-43(79)58(96)70-26-45(83)78-59-49(88)47(86)48(87)50(98-59)51(63)89)72-44(82)25-69-53(91)39(20-30-11-13-33(81)14-12-30)75-57(95)42(27-80)77-55(93)40(21-31-23-68-36-8-4-3-7-34(31)36)76-56(94)41(22-32-24-66-28-71-32)74-52(90)35(62)15-16-46(84)85/h3-4,7-8,11-14,23-24,28-29,35,37-43,47-50,59,68,80-81,86-88H,5-6,9-10,15-22,25-27,62H2,1-2H3,(H2,63,89)(H,66,71)(H,69,91)(H,70,96)(H,72,82)(H,73,92)(H,74,90)(H,75,95)(H,76,94)(H,77,93)(H,78,83)(H,84,85)(H4,64,65,67)/t35-,37-,38-,39-,40-,41-,42-,43-,47-,48-,49+,50-,59+/m0/s1. The fourth-order valence-corrected chi connectivity index (χ4v) is 10.8. The number of phenolic OH excluding ortho intramolecular Hbond substituents is 1. The molecule has 0 bridgehead atoms. The van der Waals surface area contributed by atoms with Crippen LogP contribution in [0.2, 0.25) is 0 Å². The fourth-order valence-electron chi connectivity index (χ4n) is 10.8. The molecular formula is C61H86N18O19. The predicted octanol–water partition coefficient (Wildman–Crippen LogP) is -7.55. The number of guanidine groups is 1. The Morgan fingerprint density at radius 2 is 1.33 bits per heavy atom. The van der Waals surface area contributed by atoms with Gasteiger partial charge in [0.2, 0.25) is 65.0 Å². The third kappa shape index (κ3) is 22.6. The lowest BCUT2D eigenvalue weighted by molar-refractivity contribution is -0.226. The second kappa shape index (κ2) is 36.7. The maximum atomic E-state index is 14.5. The van der Waals surface area contributed by atoms with Crippen LogP contribution in [0.5, 0.6) is 5.75 Å². The number of H-pyrrole nitrogens is 2. The zero-order chi connectivity index (χ0) is 71.9. The molecule has 0 unspecified atom stereocenters. The Bertz CT molecular complexity index is 3480. The Labute approximate surface area is 560 Å². The van der Waals surface area contributed by atoms with Gasteiger partial charge in [0.05, 0.1) is 32.1 Å². The van der Waals surface area contributed by atoms with Gasteiger partial charge in [-0.25, -0.2) is 4.98 Å². The summed E-state index contributed by atoms with van der Waals surface area (Å²) < 4.78 is 5.19. The van der Waals surface area contributed by atoms with Gasteiger partial charge in [-0.1, -0.05) is 44.2 Å². The van der Waals surface area contributed by atoms with E-state index in [1.165, 1.54) is 41.7 Å². The van der Waals surface area contributed by atoms with E-state index in [2.05, 4.69) is 67.8 Å². The highest BCUT2D eigenvalue weighted by Gasteiger charge is 2.47. The van der Waals surface area contributed by atoms with Crippen molar-refractivity contribution < 1.29 is 92.9 Å². The highest BCUT2D eigenvalue weighted by molar-refractivity contribution is 5.99. The largest absolute Gasteiger partial charge is 0.508 e. The summed E-state index contributed by atoms with van der Waals surface area (Å²) in [5, 5.41) is 83.5. The van der Waals surface area contributed by atoms with E-state index < -0.39 is 176 Å². The number of nitrogens with zero attached hydrogens (tertiary/aromatic N) is 3. The summed E-state index contributed by atoms with van der Waals surface area (Å²) in [6.07, 6.45) is -6.03. The number of nitrogens with two attached hydrogens (primary N) is 4. The number of carbonyl (C=O) groups is 12. The Hall–Kier alpha value is -10.3. The first kappa shape index (κ1) is 76.7. The van der Waals surface area contributed by atoms with Gasteiger partial charge in [-0.3, -0.25) is 62.5 Å². The normalized spacial score (nSPS) is 19.6. The van der Waals surface area contributed by atoms with Crippen molar-refractivity contribution in [2.75, 3.05) is 32.8 Å². The first-order valence-corrected chi connectivity index (χ1v) is 31.4. The number of para-hydroxylation sites is 1. The molecule has 11 amide bonds. The first-order chi connectivity index (χ1) is 46.5. The zero-order valence-corrected chi connectivity index (χ0v) is 53.7. The number of aliphatic imine (C=N–C) groups is 1. The van der Waals surface area contributed by atoms with E-state index in [1.807, 2.05) is 0 Å². The number of amides is 11. The number of hydrogen-bond acceptors (Lipinski definition) is 21. The maximum Gasteiger partial charge on any atom is 0.303 e. The molecule has 13 atom stereocenters. The monoisotopic (exact) mass is 1370 g/mol. The van der Waals surface area contributed by atoms with Crippen LogP contribution in [0.1, 0.15) is 75.6 Å². The zero-order valence-electron chi connectivity index (χ0n) is 53.7. The predicted molar refractivity (Wildman–Crippen MR) is 344 cm³/mol. The van der Waals surface area contributed by atoms with Gasteiger partial charge < -0.3 is 121 Å². The van der Waals surface area contributed by atoms with Gasteiger partial charge in [-0.05, 0) is 73.8 Å². The third-order valence-electron chi connectivity index (χ3n) is 16.0. The summed E-state index contributed by atoms with van der Waals surface area (Å²) in [5.41, 5.74) is 24.2. The number of aromatic amines is 2. The molecule has 0 aliphatic carbocycles. The van der Waals surface area contributed by atoms with E-state index in [-0.39, 0.29) is 82.1 Å². The van der Waals surface area contributed by atoms with Crippen LogP contribution in [0, 0.1) is 5.92 Å².